The third-order valence-electron chi connectivity index (χ3n) is 15.3. The lowest BCUT2D eigenvalue weighted by Gasteiger charge is -2.25. The minimum absolute atomic E-state index is 0.0788. The van der Waals surface area contributed by atoms with Crippen molar-refractivity contribution < 1.29 is 34.3 Å². The van der Waals surface area contributed by atoms with E-state index in [9.17, 15) is 10.2 Å². The summed E-state index contributed by atoms with van der Waals surface area (Å²) >= 11 is 17.4. The number of methoxy groups -OCH3 is 4. The maximum Gasteiger partial charge on any atom is 0.230 e. The van der Waals surface area contributed by atoms with Crippen LogP contribution in [0.2, 0.25) is 15.7 Å². The van der Waals surface area contributed by atoms with E-state index in [0.717, 1.165) is 124 Å². The van der Waals surface area contributed by atoms with Crippen LogP contribution >= 0.6 is 34.8 Å². The molecule has 3 aliphatic heterocycles. The molecular formula is C63H72Cl3N15O7. The molecule has 0 amide bonds. The molecule has 3 atom stereocenters. The van der Waals surface area contributed by atoms with Gasteiger partial charge in [0.15, 0.2) is 17.3 Å². The summed E-state index contributed by atoms with van der Waals surface area (Å²) in [5.41, 5.74) is 12.1. The summed E-state index contributed by atoms with van der Waals surface area (Å²) in [7, 11) is 6.39. The maximum absolute atomic E-state index is 9.84. The first-order valence-corrected chi connectivity index (χ1v) is 29.8. The van der Waals surface area contributed by atoms with Gasteiger partial charge in [-0.1, -0.05) is 48.0 Å². The average molecular weight is 1260 g/mol. The summed E-state index contributed by atoms with van der Waals surface area (Å²) in [6.07, 6.45) is 13.4. The van der Waals surface area contributed by atoms with Crippen LogP contribution in [-0.4, -0.2) is 150 Å². The second-order valence-electron chi connectivity index (χ2n) is 20.8. The van der Waals surface area contributed by atoms with Crippen LogP contribution < -0.4 is 45.1 Å². The summed E-state index contributed by atoms with van der Waals surface area (Å²) in [6.45, 7) is 7.55. The van der Waals surface area contributed by atoms with Crippen molar-refractivity contribution in [3.8, 4) is 34.4 Å². The van der Waals surface area contributed by atoms with Crippen LogP contribution in [0.4, 0.5) is 29.2 Å². The molecule has 0 saturated carbocycles. The van der Waals surface area contributed by atoms with Gasteiger partial charge in [-0.05, 0) is 136 Å². The number of aliphatic hydroxyl groups excluding tert-OH is 3. The Kier molecular flexibility index (Phi) is 22.2. The minimum Gasteiger partial charge on any atom is -0.496 e. The molecule has 3 saturated heterocycles. The van der Waals surface area contributed by atoms with E-state index in [4.69, 9.17) is 74.6 Å². The predicted molar refractivity (Wildman–Crippen MR) is 347 cm³/mol. The van der Waals surface area contributed by atoms with Crippen LogP contribution in [0.25, 0.3) is 44.1 Å². The number of rotatable bonds is 13. The number of nitrogens with zero attached hydrogens (tertiary/aromatic N) is 12. The zero-order chi connectivity index (χ0) is 62.3. The van der Waals surface area contributed by atoms with Gasteiger partial charge in [0.1, 0.15) is 41.0 Å². The van der Waals surface area contributed by atoms with Crippen LogP contribution in [0.3, 0.4) is 0 Å². The predicted octanol–water partition coefficient (Wildman–Crippen LogP) is 10.5. The van der Waals surface area contributed by atoms with Crippen molar-refractivity contribution in [1.29, 1.82) is 0 Å². The number of hydrogen-bond acceptors (Lipinski definition) is 20. The highest BCUT2D eigenvalue weighted by Crippen LogP contribution is 2.40. The van der Waals surface area contributed by atoms with Gasteiger partial charge in [0.25, 0.3) is 0 Å². The Bertz CT molecular complexity index is 3920. The van der Waals surface area contributed by atoms with Gasteiger partial charge in [-0.25, -0.2) is 29.9 Å². The topological polar surface area (TPSA) is 267 Å². The number of nitrogens with two attached hydrogens (primary N) is 1. The molecule has 7 N–H and O–H groups in total. The quantitative estimate of drug-likeness (QED) is 0.0463. The van der Waals surface area contributed by atoms with Gasteiger partial charge in [-0.3, -0.25) is 0 Å². The Morgan fingerprint density at radius 2 is 1.10 bits per heavy atom. The fourth-order valence-electron chi connectivity index (χ4n) is 10.6. The van der Waals surface area contributed by atoms with Gasteiger partial charge >= 0.3 is 0 Å². The van der Waals surface area contributed by atoms with Crippen LogP contribution in [0.15, 0.2) is 122 Å². The first-order valence-electron chi connectivity index (χ1n) is 28.7. The van der Waals surface area contributed by atoms with Crippen molar-refractivity contribution in [3.05, 3.63) is 149 Å². The molecular weight excluding hydrogens is 1190 g/mol. The number of aryl methyl sites for hydroxylation is 1. The Morgan fingerprint density at radius 3 is 1.64 bits per heavy atom. The van der Waals surface area contributed by atoms with Crippen molar-refractivity contribution in [1.82, 2.24) is 54.3 Å². The number of ether oxygens (including phenoxy) is 4. The van der Waals surface area contributed by atoms with Gasteiger partial charge in [0, 0.05) is 53.5 Å². The Labute approximate surface area is 525 Å². The third-order valence-corrected chi connectivity index (χ3v) is 15.9. The number of nitrogen functional groups attached to an aromatic ring is 1. The highest BCUT2D eigenvalue weighted by molar-refractivity contribution is 6.35. The molecule has 0 aliphatic carbocycles. The zero-order valence-corrected chi connectivity index (χ0v) is 52.1. The number of nitrogens with one attached hydrogen (secondary N) is 2. The lowest BCUT2D eigenvalue weighted by molar-refractivity contribution is 0.255. The molecule has 3 fully saturated rings. The molecule has 5 aromatic carbocycles. The van der Waals surface area contributed by atoms with Gasteiger partial charge in [0.05, 0.1) is 101 Å². The SMILES string of the molecule is COc1cc(-n2cnc(N)c2)cc(OC)c1OC.COc1cc(-n2cnc(Nc3nc(N4CCC[C@@H]4CO)c4ccccc4n3)c2)cc(C)c1C.Clc1nc(Cl)c2ccccc2n1.OC[C@@H]1CCCN1.OC[C@H]1CCCN1c1nc(Cl)nc2ccccc12. The summed E-state index contributed by atoms with van der Waals surface area (Å²) in [5, 5.41) is 37.8. The third kappa shape index (κ3) is 15.5. The standard InChI is InChI=1S/C25H28N6O2.C13H14ClN3O.C12H15N3O3.C8H4Cl2N2.C5H11NO/c1-16-11-19(12-22(33-3)17(16)2)30-13-23(26-15-30)28-25-27-21-9-5-4-8-20(21)24(29-25)31-10-6-7-18(31)14-32;14-13-15-11-6-2-1-5-10(11)12(16-13)17-7-3-4-9(17)8-18;1-16-9-4-8(15-6-11(13)14-7-15)5-10(17-2)12(9)18-3;9-7-5-3-1-2-4-6(5)11-8(10)12-7;7-4-5-2-1-3-6-5/h4-5,8-9,11-13,15,18,32H,6-7,10,14H2,1-3H3,(H,27,28,29);1-2,5-6,9,18H,3-4,7-8H2;4-7H,13H2,1-3H3;1-4H;5-7H,1-4H2/t18-;9-;;;5-/m11..0/s1. The number of benzene rings is 5. The van der Waals surface area contributed by atoms with Crippen molar-refractivity contribution in [3.63, 3.8) is 0 Å². The highest BCUT2D eigenvalue weighted by atomic mass is 35.5. The lowest BCUT2D eigenvalue weighted by Crippen LogP contribution is -2.33. The maximum atomic E-state index is 9.84. The Morgan fingerprint density at radius 1 is 0.580 bits per heavy atom. The van der Waals surface area contributed by atoms with Gasteiger partial charge in [-0.2, -0.15) is 9.97 Å². The lowest BCUT2D eigenvalue weighted by atomic mass is 10.1. The summed E-state index contributed by atoms with van der Waals surface area (Å²) in [5.74, 6) is 5.82. The minimum atomic E-state index is 0.0788. The second-order valence-corrected chi connectivity index (χ2v) is 21.8. The molecule has 462 valence electrons. The number of fused-ring (bicyclic) bond motifs is 3. The largest absolute Gasteiger partial charge is 0.496 e. The monoisotopic (exact) mass is 1260 g/mol. The summed E-state index contributed by atoms with van der Waals surface area (Å²) in [4.78, 5) is 38.8. The zero-order valence-electron chi connectivity index (χ0n) is 49.8. The highest BCUT2D eigenvalue weighted by Gasteiger charge is 2.29. The van der Waals surface area contributed by atoms with E-state index in [1.165, 1.54) is 6.42 Å². The van der Waals surface area contributed by atoms with Gasteiger partial charge in [-0.15, -0.1) is 0 Å². The van der Waals surface area contributed by atoms with Crippen molar-refractivity contribution in [2.75, 3.05) is 88.7 Å². The van der Waals surface area contributed by atoms with E-state index in [1.807, 2.05) is 102 Å². The number of anilines is 5. The normalized spacial score (nSPS) is 16.0. The smallest absolute Gasteiger partial charge is 0.230 e. The molecule has 3 aliphatic rings. The van der Waals surface area contributed by atoms with E-state index < -0.39 is 0 Å². The number of para-hydroxylation sites is 3. The number of aromatic nitrogens is 10. The molecule has 5 aromatic heterocycles. The number of halogens is 3. The van der Waals surface area contributed by atoms with Gasteiger partial charge in [0.2, 0.25) is 22.3 Å². The van der Waals surface area contributed by atoms with E-state index in [2.05, 4.69) is 70.3 Å². The van der Waals surface area contributed by atoms with Crippen LogP contribution in [0.5, 0.6) is 23.0 Å². The van der Waals surface area contributed by atoms with Gasteiger partial charge < -0.3 is 69.6 Å². The molecule has 25 heteroatoms. The molecule has 22 nitrogen and oxygen atoms in total. The molecule has 10 aromatic rings. The number of hydrogen-bond donors (Lipinski definition) is 6. The van der Waals surface area contributed by atoms with E-state index in [-0.39, 0.29) is 35.9 Å². The molecule has 0 bridgehead atoms. The molecule has 0 radical (unpaired) electrons. The van der Waals surface area contributed by atoms with E-state index >= 15 is 0 Å². The van der Waals surface area contributed by atoms with Crippen LogP contribution in [0.1, 0.15) is 49.7 Å². The van der Waals surface area contributed by atoms with E-state index in [0.29, 0.717) is 52.6 Å². The fourth-order valence-corrected chi connectivity index (χ4v) is 11.3. The molecule has 8 heterocycles. The molecule has 88 heavy (non-hydrogen) atoms. The Balaban J connectivity index is 0.000000143. The Hall–Kier alpha value is -8.35. The van der Waals surface area contributed by atoms with Crippen LogP contribution in [-0.2, 0) is 0 Å². The van der Waals surface area contributed by atoms with E-state index in [1.54, 1.807) is 51.9 Å². The average Bonchev–Trinajstić information content (AvgIpc) is 2.29. The first kappa shape index (κ1) is 64.1. The molecule has 0 unspecified atom stereocenters. The van der Waals surface area contributed by atoms with Crippen molar-refractivity contribution in [2.45, 2.75) is 70.5 Å². The second kappa shape index (κ2) is 30.5. The summed E-state index contributed by atoms with van der Waals surface area (Å²) in [6, 6.07) is 31.6. The first-order chi connectivity index (χ1) is 42.8. The molecule has 0 spiro atoms. The number of imidazole rings is 2. The summed E-state index contributed by atoms with van der Waals surface area (Å²) < 4.78 is 25.1. The fraction of sp³-hybridized carbons (Fsp3) is 0.333. The molecule has 13 rings (SSSR count). The van der Waals surface area contributed by atoms with Crippen LogP contribution in [0, 0.1) is 13.8 Å². The number of aliphatic hydroxyl groups is 3. The van der Waals surface area contributed by atoms with Crippen molar-refractivity contribution >= 4 is 96.7 Å². The van der Waals surface area contributed by atoms with Crippen molar-refractivity contribution in [2.24, 2.45) is 0 Å².